The zero-order chi connectivity index (χ0) is 16.7. The van der Waals surface area contributed by atoms with Gasteiger partial charge in [-0.05, 0) is 19.3 Å². The Morgan fingerprint density at radius 3 is 1.59 bits per heavy atom. The summed E-state index contributed by atoms with van der Waals surface area (Å²) >= 11 is 0. The van der Waals surface area contributed by atoms with Gasteiger partial charge in [-0.15, -0.1) is 0 Å². The van der Waals surface area contributed by atoms with Crippen LogP contribution in [0.15, 0.2) is 12.3 Å². The monoisotopic (exact) mass is 327 g/mol. The van der Waals surface area contributed by atoms with Gasteiger partial charge >= 0.3 is 0 Å². The van der Waals surface area contributed by atoms with Crippen LogP contribution in [0, 0.1) is 0 Å². The highest BCUT2D eigenvalue weighted by Crippen LogP contribution is 2.21. The van der Waals surface area contributed by atoms with Gasteiger partial charge in [0.2, 0.25) is 0 Å². The molecule has 0 aliphatic carbocycles. The van der Waals surface area contributed by atoms with E-state index in [4.69, 9.17) is 14.2 Å². The molecule has 0 atom stereocenters. The molecule has 0 aliphatic heterocycles. The highest BCUT2D eigenvalue weighted by molar-refractivity contribution is 6.15. The summed E-state index contributed by atoms with van der Waals surface area (Å²) in [6.45, 7) is 12.5. The molecule has 3 nitrogen and oxygen atoms in total. The molecule has 0 heterocycles. The molecule has 0 saturated heterocycles. The molecule has 0 amide bonds. The summed E-state index contributed by atoms with van der Waals surface area (Å²) in [6.07, 6.45) is 10.1. The highest BCUT2D eigenvalue weighted by Gasteiger charge is 2.31. The van der Waals surface area contributed by atoms with Gasteiger partial charge in [0.05, 0.1) is 19.8 Å². The Morgan fingerprint density at radius 1 is 0.773 bits per heavy atom. The Labute approximate surface area is 141 Å². The Balaban J connectivity index is 4.30. The van der Waals surface area contributed by atoms with Crippen molar-refractivity contribution < 1.29 is 14.2 Å². The van der Waals surface area contributed by atoms with Crippen LogP contribution in [-0.4, -0.2) is 35.5 Å². The van der Waals surface area contributed by atoms with Gasteiger partial charge in [0, 0.05) is 0 Å². The predicted molar refractivity (Wildman–Crippen MR) is 94.1 cm³/mol. The molecule has 0 fully saturated rings. The Kier molecular flexibility index (Phi) is 14.1. The third-order valence-corrected chi connectivity index (χ3v) is 4.07. The van der Waals surface area contributed by atoms with Gasteiger partial charge in [-0.3, -0.25) is 0 Å². The zero-order valence-electron chi connectivity index (χ0n) is 14.9. The molecular formula is C18H35O3Si. The fourth-order valence-corrected chi connectivity index (χ4v) is 2.26. The van der Waals surface area contributed by atoms with E-state index in [1.165, 1.54) is 19.3 Å². The second-order valence-electron chi connectivity index (χ2n) is 5.71. The SMILES string of the molecule is C=C(OCCCCC)C([Si])(OCCCCC)OCCCCC. The molecule has 0 rings (SSSR count). The first-order chi connectivity index (χ1) is 10.6. The second-order valence-corrected chi connectivity index (χ2v) is 6.36. The minimum absolute atomic E-state index is 0.522. The third-order valence-electron chi connectivity index (χ3n) is 3.50. The standard InChI is InChI=1S/C18H35O3Si/c1-5-8-11-14-19-17(4)18(22,20-15-12-9-6-2)21-16-13-10-7-3/h4-16H2,1-3H3. The van der Waals surface area contributed by atoms with Crippen molar-refractivity contribution in [3.05, 3.63) is 12.3 Å². The fourth-order valence-electron chi connectivity index (χ4n) is 1.98. The van der Waals surface area contributed by atoms with Gasteiger partial charge in [0.25, 0.3) is 0 Å². The van der Waals surface area contributed by atoms with E-state index in [-0.39, 0.29) is 0 Å². The van der Waals surface area contributed by atoms with Crippen molar-refractivity contribution in [1.82, 2.24) is 0 Å². The van der Waals surface area contributed by atoms with Crippen molar-refractivity contribution in [3.63, 3.8) is 0 Å². The quantitative estimate of drug-likeness (QED) is 0.174. The molecule has 0 N–H and O–H groups in total. The highest BCUT2D eigenvalue weighted by atomic mass is 28.1. The normalized spacial score (nSPS) is 11.6. The lowest BCUT2D eigenvalue weighted by molar-refractivity contribution is -0.177. The summed E-state index contributed by atoms with van der Waals surface area (Å²) in [6, 6.07) is 0. The molecule has 0 aliphatic rings. The van der Waals surface area contributed by atoms with Crippen LogP contribution in [0.25, 0.3) is 0 Å². The molecule has 0 aromatic heterocycles. The maximum Gasteiger partial charge on any atom is 0.199 e. The first kappa shape index (κ1) is 21.7. The minimum Gasteiger partial charge on any atom is -0.493 e. The van der Waals surface area contributed by atoms with Crippen molar-refractivity contribution >= 4 is 10.2 Å². The number of unbranched alkanes of at least 4 members (excludes halogenated alkanes) is 6. The van der Waals surface area contributed by atoms with E-state index in [2.05, 4.69) is 37.6 Å². The molecule has 129 valence electrons. The Morgan fingerprint density at radius 2 is 1.18 bits per heavy atom. The van der Waals surface area contributed by atoms with Gasteiger partial charge < -0.3 is 14.2 Å². The largest absolute Gasteiger partial charge is 0.493 e. The molecular weight excluding hydrogens is 292 g/mol. The molecule has 3 radical (unpaired) electrons. The van der Waals surface area contributed by atoms with Gasteiger partial charge in [0.15, 0.2) is 5.41 Å². The number of rotatable bonds is 16. The summed E-state index contributed by atoms with van der Waals surface area (Å²) in [5.74, 6) is 0.522. The second kappa shape index (κ2) is 14.3. The van der Waals surface area contributed by atoms with Gasteiger partial charge in [-0.1, -0.05) is 65.9 Å². The van der Waals surface area contributed by atoms with Crippen molar-refractivity contribution in [3.8, 4) is 0 Å². The first-order valence-electron chi connectivity index (χ1n) is 8.95. The maximum absolute atomic E-state index is 5.90. The van der Waals surface area contributed by atoms with Crippen molar-refractivity contribution in [1.29, 1.82) is 0 Å². The third kappa shape index (κ3) is 10.4. The van der Waals surface area contributed by atoms with Gasteiger partial charge in [-0.2, -0.15) is 0 Å². The van der Waals surface area contributed by atoms with Crippen LogP contribution in [0.3, 0.4) is 0 Å². The lowest BCUT2D eigenvalue weighted by atomic mass is 10.2. The molecule has 0 saturated carbocycles. The van der Waals surface area contributed by atoms with E-state index >= 15 is 0 Å². The molecule has 0 bridgehead atoms. The number of hydrogen-bond acceptors (Lipinski definition) is 3. The van der Waals surface area contributed by atoms with Crippen molar-refractivity contribution in [2.24, 2.45) is 0 Å². The lowest BCUT2D eigenvalue weighted by Gasteiger charge is -2.32. The topological polar surface area (TPSA) is 27.7 Å². The van der Waals surface area contributed by atoms with Crippen LogP contribution in [0.2, 0.25) is 0 Å². The van der Waals surface area contributed by atoms with Crippen LogP contribution in [-0.2, 0) is 14.2 Å². The summed E-state index contributed by atoms with van der Waals surface area (Å²) in [5.41, 5.74) is -1.01. The smallest absolute Gasteiger partial charge is 0.199 e. The Bertz CT molecular complexity index is 257. The number of hydrogen-bond donors (Lipinski definition) is 0. The van der Waals surface area contributed by atoms with E-state index in [1.54, 1.807) is 0 Å². The van der Waals surface area contributed by atoms with Crippen LogP contribution in [0.1, 0.15) is 78.6 Å². The van der Waals surface area contributed by atoms with E-state index in [1.807, 2.05) is 0 Å². The fraction of sp³-hybridized carbons (Fsp3) is 0.889. The van der Waals surface area contributed by atoms with E-state index < -0.39 is 5.41 Å². The summed E-state index contributed by atoms with van der Waals surface area (Å²) in [5, 5.41) is 0. The molecule has 0 unspecified atom stereocenters. The lowest BCUT2D eigenvalue weighted by Crippen LogP contribution is -2.40. The van der Waals surface area contributed by atoms with Crippen LogP contribution < -0.4 is 0 Å². The summed E-state index contributed by atoms with van der Waals surface area (Å²) in [4.78, 5) is 0. The molecule has 4 heteroatoms. The van der Waals surface area contributed by atoms with Gasteiger partial charge in [-0.25, -0.2) is 0 Å². The van der Waals surface area contributed by atoms with E-state index in [0.717, 1.165) is 38.5 Å². The van der Waals surface area contributed by atoms with Crippen molar-refractivity contribution in [2.75, 3.05) is 19.8 Å². The number of ether oxygens (including phenoxy) is 3. The minimum atomic E-state index is -1.01. The summed E-state index contributed by atoms with van der Waals surface area (Å²) in [7, 11) is 3.62. The summed E-state index contributed by atoms with van der Waals surface area (Å²) < 4.78 is 17.5. The van der Waals surface area contributed by atoms with Crippen LogP contribution in [0.4, 0.5) is 0 Å². The molecule has 0 spiro atoms. The maximum atomic E-state index is 5.90. The van der Waals surface area contributed by atoms with Crippen molar-refractivity contribution in [2.45, 2.75) is 84.0 Å². The molecule has 0 aromatic rings. The zero-order valence-corrected chi connectivity index (χ0v) is 15.9. The van der Waals surface area contributed by atoms with Gasteiger partial charge in [0.1, 0.15) is 16.0 Å². The van der Waals surface area contributed by atoms with E-state index in [0.29, 0.717) is 25.6 Å². The van der Waals surface area contributed by atoms with Crippen LogP contribution >= 0.6 is 0 Å². The Hall–Kier alpha value is -0.323. The average molecular weight is 328 g/mol. The molecule has 0 aromatic carbocycles. The first-order valence-corrected chi connectivity index (χ1v) is 9.45. The van der Waals surface area contributed by atoms with Crippen LogP contribution in [0.5, 0.6) is 0 Å². The molecule has 22 heavy (non-hydrogen) atoms. The predicted octanol–water partition coefficient (Wildman–Crippen LogP) is 4.94. The average Bonchev–Trinajstić information content (AvgIpc) is 2.52. The van der Waals surface area contributed by atoms with E-state index in [9.17, 15) is 0 Å².